The van der Waals surface area contributed by atoms with Crippen molar-refractivity contribution in [2.24, 2.45) is 5.92 Å². The molecule has 0 saturated carbocycles. The van der Waals surface area contributed by atoms with E-state index < -0.39 is 0 Å². The Morgan fingerprint density at radius 3 is 2.78 bits per heavy atom. The molecule has 2 aliphatic rings. The fourth-order valence-electron chi connectivity index (χ4n) is 3.60. The summed E-state index contributed by atoms with van der Waals surface area (Å²) in [6.07, 6.45) is 2.99. The second-order valence-electron chi connectivity index (χ2n) is 6.60. The minimum absolute atomic E-state index is 0.0530. The summed E-state index contributed by atoms with van der Waals surface area (Å²) in [6, 6.07) is 1.97. The van der Waals surface area contributed by atoms with Gasteiger partial charge in [-0.05, 0) is 26.2 Å². The van der Waals surface area contributed by atoms with Gasteiger partial charge < -0.3 is 14.2 Å². The van der Waals surface area contributed by atoms with Crippen LogP contribution in [-0.4, -0.2) is 59.8 Å². The summed E-state index contributed by atoms with van der Waals surface area (Å²) in [6.45, 7) is 8.96. The number of nitrogens with zero attached hydrogens (tertiary/aromatic N) is 3. The highest BCUT2D eigenvalue weighted by Gasteiger charge is 2.34. The zero-order valence-electron chi connectivity index (χ0n) is 14.2. The molecule has 0 bridgehead atoms. The molecule has 128 valence electrons. The van der Waals surface area contributed by atoms with Crippen LogP contribution >= 0.6 is 0 Å². The lowest BCUT2D eigenvalue weighted by Crippen LogP contribution is -2.52. The van der Waals surface area contributed by atoms with Crippen LogP contribution in [0.3, 0.4) is 0 Å². The number of rotatable bonds is 4. The maximum atomic E-state index is 12.8. The number of ether oxygens (including phenoxy) is 1. The predicted molar refractivity (Wildman–Crippen MR) is 85.9 cm³/mol. The fourth-order valence-corrected chi connectivity index (χ4v) is 3.60. The monoisotopic (exact) mass is 321 g/mol. The van der Waals surface area contributed by atoms with E-state index in [4.69, 9.17) is 9.26 Å². The van der Waals surface area contributed by atoms with Crippen LogP contribution in [0.1, 0.15) is 37.6 Å². The van der Waals surface area contributed by atoms with Gasteiger partial charge in [0.15, 0.2) is 5.76 Å². The van der Waals surface area contributed by atoms with E-state index in [1.54, 1.807) is 0 Å². The van der Waals surface area contributed by atoms with Crippen molar-refractivity contribution in [3.05, 3.63) is 17.5 Å². The number of hydrogen-bond acceptors (Lipinski definition) is 5. The highest BCUT2D eigenvalue weighted by molar-refractivity contribution is 5.79. The first-order valence-electron chi connectivity index (χ1n) is 8.72. The Morgan fingerprint density at radius 2 is 2.13 bits per heavy atom. The van der Waals surface area contributed by atoms with E-state index in [9.17, 15) is 4.79 Å². The largest absolute Gasteiger partial charge is 0.377 e. The van der Waals surface area contributed by atoms with Gasteiger partial charge >= 0.3 is 0 Å². The molecule has 6 nitrogen and oxygen atoms in total. The first-order chi connectivity index (χ1) is 11.2. The number of amides is 1. The first kappa shape index (κ1) is 16.5. The molecule has 0 spiro atoms. The smallest absolute Gasteiger partial charge is 0.228 e. The molecule has 1 amide bonds. The SMILES string of the molecule is CC[C@@H]1OCCC[C@@H]1C(=O)N1CCN(Cc2cc(C)no2)CC1. The molecule has 1 aromatic rings. The zero-order chi connectivity index (χ0) is 16.2. The lowest BCUT2D eigenvalue weighted by atomic mass is 9.91. The van der Waals surface area contributed by atoms with Crippen LogP contribution in [0.25, 0.3) is 0 Å². The topological polar surface area (TPSA) is 58.8 Å². The highest BCUT2D eigenvalue weighted by atomic mass is 16.5. The van der Waals surface area contributed by atoms with Crippen molar-refractivity contribution in [3.8, 4) is 0 Å². The summed E-state index contributed by atoms with van der Waals surface area (Å²) in [4.78, 5) is 17.1. The summed E-state index contributed by atoms with van der Waals surface area (Å²) >= 11 is 0. The van der Waals surface area contributed by atoms with Crippen LogP contribution in [0.4, 0.5) is 0 Å². The molecule has 0 unspecified atom stereocenters. The molecule has 6 heteroatoms. The Kier molecular flexibility index (Phi) is 5.33. The molecule has 3 heterocycles. The second kappa shape index (κ2) is 7.45. The van der Waals surface area contributed by atoms with Gasteiger partial charge in [0, 0.05) is 38.9 Å². The van der Waals surface area contributed by atoms with E-state index in [1.807, 2.05) is 17.9 Å². The number of carbonyl (C=O) groups excluding carboxylic acids is 1. The van der Waals surface area contributed by atoms with Crippen LogP contribution in [-0.2, 0) is 16.1 Å². The van der Waals surface area contributed by atoms with Crippen LogP contribution in [0.15, 0.2) is 10.6 Å². The molecule has 23 heavy (non-hydrogen) atoms. The molecule has 3 rings (SSSR count). The van der Waals surface area contributed by atoms with Crippen molar-refractivity contribution in [2.45, 2.75) is 45.8 Å². The summed E-state index contributed by atoms with van der Waals surface area (Å²) in [5, 5.41) is 3.92. The van der Waals surface area contributed by atoms with Gasteiger partial charge in [0.1, 0.15) is 0 Å². The number of carbonyl (C=O) groups is 1. The Labute approximate surface area is 137 Å². The number of aromatic nitrogens is 1. The Bertz CT molecular complexity index is 523. The van der Waals surface area contributed by atoms with E-state index in [2.05, 4.69) is 17.0 Å². The minimum Gasteiger partial charge on any atom is -0.377 e. The molecule has 2 aliphatic heterocycles. The van der Waals surface area contributed by atoms with Crippen molar-refractivity contribution < 1.29 is 14.1 Å². The average molecular weight is 321 g/mol. The molecule has 2 atom stereocenters. The normalized spacial score (nSPS) is 26.4. The third-order valence-corrected chi connectivity index (χ3v) is 4.90. The summed E-state index contributed by atoms with van der Waals surface area (Å²) in [7, 11) is 0. The van der Waals surface area contributed by atoms with Crippen LogP contribution in [0, 0.1) is 12.8 Å². The molecular formula is C17H27N3O3. The molecule has 2 fully saturated rings. The maximum Gasteiger partial charge on any atom is 0.228 e. The van der Waals surface area contributed by atoms with Gasteiger partial charge in [-0.3, -0.25) is 9.69 Å². The Balaban J connectivity index is 1.50. The van der Waals surface area contributed by atoms with E-state index in [1.165, 1.54) is 0 Å². The van der Waals surface area contributed by atoms with Gasteiger partial charge in [-0.25, -0.2) is 0 Å². The van der Waals surface area contributed by atoms with Gasteiger partial charge in [0.2, 0.25) is 5.91 Å². The van der Waals surface area contributed by atoms with Crippen LogP contribution in [0.5, 0.6) is 0 Å². The predicted octanol–water partition coefficient (Wildman–Crippen LogP) is 1.83. The van der Waals surface area contributed by atoms with Crippen molar-refractivity contribution in [2.75, 3.05) is 32.8 Å². The second-order valence-corrected chi connectivity index (χ2v) is 6.60. The van der Waals surface area contributed by atoms with Gasteiger partial charge in [-0.15, -0.1) is 0 Å². The van der Waals surface area contributed by atoms with Crippen molar-refractivity contribution in [3.63, 3.8) is 0 Å². The van der Waals surface area contributed by atoms with E-state index >= 15 is 0 Å². The van der Waals surface area contributed by atoms with Crippen LogP contribution < -0.4 is 0 Å². The molecule has 1 aromatic heterocycles. The van der Waals surface area contributed by atoms with Gasteiger partial charge in [-0.2, -0.15) is 0 Å². The first-order valence-corrected chi connectivity index (χ1v) is 8.72. The van der Waals surface area contributed by atoms with Crippen LogP contribution in [0.2, 0.25) is 0 Å². The molecule has 0 aliphatic carbocycles. The third-order valence-electron chi connectivity index (χ3n) is 4.90. The molecule has 0 N–H and O–H groups in total. The maximum absolute atomic E-state index is 12.8. The summed E-state index contributed by atoms with van der Waals surface area (Å²) in [5.74, 6) is 1.23. The summed E-state index contributed by atoms with van der Waals surface area (Å²) < 4.78 is 11.1. The minimum atomic E-state index is 0.0530. The van der Waals surface area contributed by atoms with Crippen molar-refractivity contribution >= 4 is 5.91 Å². The average Bonchev–Trinajstić information content (AvgIpc) is 3.00. The van der Waals surface area contributed by atoms with Gasteiger partial charge in [0.05, 0.1) is 24.3 Å². The summed E-state index contributed by atoms with van der Waals surface area (Å²) in [5.41, 5.74) is 0.914. The third kappa shape index (κ3) is 3.93. The molecule has 0 radical (unpaired) electrons. The molecular weight excluding hydrogens is 294 g/mol. The number of aryl methyl sites for hydroxylation is 1. The standard InChI is InChI=1S/C17H27N3O3/c1-3-16-15(5-4-10-22-16)17(21)20-8-6-19(7-9-20)12-14-11-13(2)18-23-14/h11,15-16H,3-10,12H2,1-2H3/t15-,16-/m0/s1. The quantitative estimate of drug-likeness (QED) is 0.847. The lowest BCUT2D eigenvalue weighted by molar-refractivity contribution is -0.147. The zero-order valence-corrected chi connectivity index (χ0v) is 14.2. The van der Waals surface area contributed by atoms with E-state index in [0.29, 0.717) is 0 Å². The Hall–Kier alpha value is -1.40. The van der Waals surface area contributed by atoms with Crippen molar-refractivity contribution in [1.82, 2.24) is 15.0 Å². The van der Waals surface area contributed by atoms with E-state index in [-0.39, 0.29) is 17.9 Å². The molecule has 2 saturated heterocycles. The van der Waals surface area contributed by atoms with Gasteiger partial charge in [0.25, 0.3) is 0 Å². The van der Waals surface area contributed by atoms with E-state index in [0.717, 1.165) is 70.0 Å². The fraction of sp³-hybridized carbons (Fsp3) is 0.765. The highest BCUT2D eigenvalue weighted by Crippen LogP contribution is 2.25. The number of piperazine rings is 1. The Morgan fingerprint density at radius 1 is 1.35 bits per heavy atom. The number of hydrogen-bond donors (Lipinski definition) is 0. The molecule has 0 aromatic carbocycles. The van der Waals surface area contributed by atoms with Gasteiger partial charge in [-0.1, -0.05) is 12.1 Å². The van der Waals surface area contributed by atoms with Crippen molar-refractivity contribution in [1.29, 1.82) is 0 Å². The lowest BCUT2D eigenvalue weighted by Gasteiger charge is -2.38.